The summed E-state index contributed by atoms with van der Waals surface area (Å²) in [4.78, 5) is 5.60. The topological polar surface area (TPSA) is 85.6 Å². The number of ether oxygens (including phenoxy) is 1. The summed E-state index contributed by atoms with van der Waals surface area (Å²) in [6, 6.07) is 14.3. The molecule has 0 saturated heterocycles. The van der Waals surface area contributed by atoms with Gasteiger partial charge in [0.25, 0.3) is 0 Å². The number of aromatic nitrogens is 3. The van der Waals surface area contributed by atoms with Crippen LogP contribution in [-0.4, -0.2) is 36.7 Å². The Bertz CT molecular complexity index is 1230. The van der Waals surface area contributed by atoms with E-state index in [1.165, 1.54) is 11.3 Å². The average Bonchev–Trinajstić information content (AvgIpc) is 3.30. The zero-order valence-electron chi connectivity index (χ0n) is 16.0. The monoisotopic (exact) mass is 428 g/mol. The van der Waals surface area contributed by atoms with Crippen molar-refractivity contribution in [3.05, 3.63) is 65.2 Å². The number of thiazole rings is 1. The van der Waals surface area contributed by atoms with Crippen LogP contribution >= 0.6 is 11.3 Å². The molecule has 0 spiro atoms. The Balaban J connectivity index is 1.47. The van der Waals surface area contributed by atoms with Crippen LogP contribution in [0.2, 0.25) is 0 Å². The number of fused-ring (bicyclic) bond motifs is 1. The largest absolute Gasteiger partial charge is 0.497 e. The van der Waals surface area contributed by atoms with Crippen LogP contribution in [0.5, 0.6) is 5.75 Å². The van der Waals surface area contributed by atoms with E-state index in [0.29, 0.717) is 12.2 Å². The SMILES string of the molecule is COc1ccc(-c2nc3scc(CCNS(=O)(=O)c4ccc(C)cc4)n3n2)cc1. The maximum absolute atomic E-state index is 12.4. The van der Waals surface area contributed by atoms with Crippen molar-refractivity contribution in [2.75, 3.05) is 13.7 Å². The van der Waals surface area contributed by atoms with Crippen molar-refractivity contribution < 1.29 is 13.2 Å². The first-order valence-corrected chi connectivity index (χ1v) is 11.4. The normalized spacial score (nSPS) is 11.8. The van der Waals surface area contributed by atoms with E-state index >= 15 is 0 Å². The second-order valence-corrected chi connectivity index (χ2v) is 9.15. The first-order chi connectivity index (χ1) is 14.0. The molecule has 0 fully saturated rings. The van der Waals surface area contributed by atoms with Gasteiger partial charge in [-0.3, -0.25) is 0 Å². The number of benzene rings is 2. The number of hydrogen-bond donors (Lipinski definition) is 1. The van der Waals surface area contributed by atoms with E-state index in [2.05, 4.69) is 14.8 Å². The van der Waals surface area contributed by atoms with Gasteiger partial charge >= 0.3 is 0 Å². The zero-order valence-corrected chi connectivity index (χ0v) is 17.6. The van der Waals surface area contributed by atoms with Gasteiger partial charge in [-0.05, 0) is 43.3 Å². The predicted molar refractivity (Wildman–Crippen MR) is 113 cm³/mol. The first kappa shape index (κ1) is 19.6. The van der Waals surface area contributed by atoms with Crippen molar-refractivity contribution >= 4 is 26.3 Å². The van der Waals surface area contributed by atoms with Crippen LogP contribution in [0, 0.1) is 6.92 Å². The Morgan fingerprint density at radius 2 is 1.83 bits per heavy atom. The lowest BCUT2D eigenvalue weighted by Gasteiger charge is -2.06. The second-order valence-electron chi connectivity index (χ2n) is 6.55. The van der Waals surface area contributed by atoms with E-state index in [1.54, 1.807) is 35.9 Å². The molecule has 150 valence electrons. The van der Waals surface area contributed by atoms with Crippen molar-refractivity contribution in [1.29, 1.82) is 0 Å². The number of hydrogen-bond acceptors (Lipinski definition) is 6. The summed E-state index contributed by atoms with van der Waals surface area (Å²) in [6.45, 7) is 2.20. The summed E-state index contributed by atoms with van der Waals surface area (Å²) in [7, 11) is -1.91. The lowest BCUT2D eigenvalue weighted by atomic mass is 10.2. The molecule has 0 unspecified atom stereocenters. The van der Waals surface area contributed by atoms with Crippen LogP contribution in [0.4, 0.5) is 0 Å². The zero-order chi connectivity index (χ0) is 20.4. The Morgan fingerprint density at radius 1 is 1.10 bits per heavy atom. The maximum atomic E-state index is 12.4. The highest BCUT2D eigenvalue weighted by Gasteiger charge is 2.15. The average molecular weight is 429 g/mol. The summed E-state index contributed by atoms with van der Waals surface area (Å²) in [6.07, 6.45) is 0.510. The summed E-state index contributed by atoms with van der Waals surface area (Å²) < 4.78 is 34.4. The smallest absolute Gasteiger partial charge is 0.240 e. The van der Waals surface area contributed by atoms with Gasteiger partial charge in [-0.1, -0.05) is 17.7 Å². The molecule has 29 heavy (non-hydrogen) atoms. The van der Waals surface area contributed by atoms with Crippen LogP contribution in [-0.2, 0) is 16.4 Å². The molecule has 0 saturated carbocycles. The van der Waals surface area contributed by atoms with Gasteiger partial charge in [0.05, 0.1) is 17.7 Å². The number of rotatable bonds is 7. The first-order valence-electron chi connectivity index (χ1n) is 9.00. The molecular weight excluding hydrogens is 408 g/mol. The van der Waals surface area contributed by atoms with Gasteiger partial charge in [0, 0.05) is 23.9 Å². The van der Waals surface area contributed by atoms with E-state index in [9.17, 15) is 8.42 Å². The van der Waals surface area contributed by atoms with Crippen molar-refractivity contribution in [2.24, 2.45) is 0 Å². The van der Waals surface area contributed by atoms with E-state index in [-0.39, 0.29) is 11.4 Å². The highest BCUT2D eigenvalue weighted by molar-refractivity contribution is 7.89. The summed E-state index contributed by atoms with van der Waals surface area (Å²) >= 11 is 1.48. The third-order valence-electron chi connectivity index (χ3n) is 4.50. The molecule has 0 radical (unpaired) electrons. The van der Waals surface area contributed by atoms with Crippen molar-refractivity contribution in [2.45, 2.75) is 18.2 Å². The molecule has 1 N–H and O–H groups in total. The molecule has 9 heteroatoms. The van der Waals surface area contributed by atoms with Gasteiger partial charge in [-0.25, -0.2) is 17.7 Å². The maximum Gasteiger partial charge on any atom is 0.240 e. The quantitative estimate of drug-likeness (QED) is 0.488. The fourth-order valence-electron chi connectivity index (χ4n) is 2.87. The molecule has 0 amide bonds. The number of nitrogens with zero attached hydrogens (tertiary/aromatic N) is 3. The minimum Gasteiger partial charge on any atom is -0.497 e. The lowest BCUT2D eigenvalue weighted by molar-refractivity contribution is 0.415. The summed E-state index contributed by atoms with van der Waals surface area (Å²) in [5.74, 6) is 1.40. The summed E-state index contributed by atoms with van der Waals surface area (Å²) in [5, 5.41) is 6.53. The van der Waals surface area contributed by atoms with E-state index in [0.717, 1.165) is 27.5 Å². The minimum absolute atomic E-state index is 0.265. The second kappa shape index (κ2) is 7.94. The Kier molecular flexibility index (Phi) is 5.35. The molecule has 4 aromatic rings. The van der Waals surface area contributed by atoms with Gasteiger partial charge in [-0.2, -0.15) is 4.98 Å². The van der Waals surface area contributed by atoms with E-state index < -0.39 is 10.0 Å². The fourth-order valence-corrected chi connectivity index (χ4v) is 4.76. The van der Waals surface area contributed by atoms with Gasteiger partial charge in [-0.15, -0.1) is 16.4 Å². The van der Waals surface area contributed by atoms with Crippen LogP contribution in [0.15, 0.2) is 58.8 Å². The highest BCUT2D eigenvalue weighted by atomic mass is 32.2. The number of aryl methyl sites for hydroxylation is 1. The van der Waals surface area contributed by atoms with Crippen LogP contribution < -0.4 is 9.46 Å². The predicted octanol–water partition coefficient (Wildman–Crippen LogP) is 3.30. The van der Waals surface area contributed by atoms with Gasteiger partial charge in [0.1, 0.15) is 5.75 Å². The molecule has 2 aromatic heterocycles. The number of sulfonamides is 1. The standard InChI is InChI=1S/C20H20N4O3S2/c1-14-3-9-18(10-4-14)29(25,26)21-12-11-16-13-28-20-22-19(23-24(16)20)15-5-7-17(27-2)8-6-15/h3-10,13,21H,11-12H2,1-2H3. The molecule has 0 aliphatic carbocycles. The lowest BCUT2D eigenvalue weighted by Crippen LogP contribution is -2.26. The molecule has 0 aliphatic heterocycles. The van der Waals surface area contributed by atoms with Crippen molar-refractivity contribution in [3.8, 4) is 17.1 Å². The fraction of sp³-hybridized carbons (Fsp3) is 0.200. The van der Waals surface area contributed by atoms with Gasteiger partial charge in [0.15, 0.2) is 5.82 Å². The van der Waals surface area contributed by atoms with Crippen molar-refractivity contribution in [1.82, 2.24) is 19.3 Å². The van der Waals surface area contributed by atoms with Gasteiger partial charge < -0.3 is 4.74 Å². The van der Waals surface area contributed by atoms with E-state index in [4.69, 9.17) is 4.74 Å². The molecule has 4 rings (SSSR count). The van der Waals surface area contributed by atoms with Crippen LogP contribution in [0.3, 0.4) is 0 Å². The highest BCUT2D eigenvalue weighted by Crippen LogP contribution is 2.23. The molecule has 0 aliphatic rings. The Morgan fingerprint density at radius 3 is 2.52 bits per heavy atom. The Hall–Kier alpha value is -2.75. The molecular formula is C20H20N4O3S2. The molecule has 7 nitrogen and oxygen atoms in total. The molecule has 0 bridgehead atoms. The third kappa shape index (κ3) is 4.16. The molecule has 2 heterocycles. The number of methoxy groups -OCH3 is 1. The number of nitrogens with one attached hydrogen (secondary N) is 1. The Labute approximate surface area is 173 Å². The third-order valence-corrected chi connectivity index (χ3v) is 6.84. The molecule has 2 aromatic carbocycles. The van der Waals surface area contributed by atoms with Crippen molar-refractivity contribution in [3.63, 3.8) is 0 Å². The minimum atomic E-state index is -3.53. The molecule has 0 atom stereocenters. The van der Waals surface area contributed by atoms with Crippen LogP contribution in [0.1, 0.15) is 11.3 Å². The summed E-state index contributed by atoms with van der Waals surface area (Å²) in [5.41, 5.74) is 2.82. The van der Waals surface area contributed by atoms with Crippen LogP contribution in [0.25, 0.3) is 16.3 Å². The van der Waals surface area contributed by atoms with Gasteiger partial charge in [0.2, 0.25) is 15.0 Å². The van der Waals surface area contributed by atoms with E-state index in [1.807, 2.05) is 36.6 Å².